The molecule has 130 valence electrons. The first-order valence-corrected chi connectivity index (χ1v) is 7.01. The number of hydrogen-bond donors (Lipinski definition) is 3. The monoisotopic (exact) mass is 337 g/mol. The zero-order valence-electron chi connectivity index (χ0n) is 13.5. The van der Waals surface area contributed by atoms with E-state index in [9.17, 15) is 19.5 Å². The molecule has 0 aliphatic carbocycles. The highest BCUT2D eigenvalue weighted by atomic mass is 16.5. The molecule has 0 fully saturated rings. The average Bonchev–Trinajstić information content (AvgIpc) is 2.52. The van der Waals surface area contributed by atoms with E-state index in [4.69, 9.17) is 14.9 Å². The van der Waals surface area contributed by atoms with Gasteiger partial charge in [0.1, 0.15) is 6.10 Å². The predicted molar refractivity (Wildman–Crippen MR) is 85.6 cm³/mol. The lowest BCUT2D eigenvalue weighted by Crippen LogP contribution is -2.32. The van der Waals surface area contributed by atoms with Crippen LogP contribution in [0.2, 0.25) is 0 Å². The summed E-state index contributed by atoms with van der Waals surface area (Å²) in [6.45, 7) is 3.12. The highest BCUT2D eigenvalue weighted by Gasteiger charge is 2.23. The van der Waals surface area contributed by atoms with Crippen LogP contribution in [0.25, 0.3) is 0 Å². The van der Waals surface area contributed by atoms with Crippen molar-refractivity contribution < 1.29 is 34.4 Å². The Bertz CT molecular complexity index is 681. The number of aliphatic hydroxyl groups excluding tert-OH is 1. The largest absolute Gasteiger partial charge is 0.515 e. The number of benzene rings is 1. The van der Waals surface area contributed by atoms with Crippen molar-refractivity contribution >= 4 is 23.6 Å². The van der Waals surface area contributed by atoms with Gasteiger partial charge in [0.2, 0.25) is 0 Å². The lowest BCUT2D eigenvalue weighted by molar-refractivity contribution is -0.143. The van der Waals surface area contributed by atoms with Gasteiger partial charge in [-0.1, -0.05) is 6.07 Å². The summed E-state index contributed by atoms with van der Waals surface area (Å²) in [5.41, 5.74) is -0.434. The molecule has 0 saturated carbocycles. The van der Waals surface area contributed by atoms with Gasteiger partial charge in [0.15, 0.2) is 0 Å². The molecule has 0 bridgehead atoms. The first kappa shape index (κ1) is 19.0. The van der Waals surface area contributed by atoms with Crippen LogP contribution >= 0.6 is 0 Å². The number of carbonyl (C=O) groups is 3. The Hall–Kier alpha value is -3.03. The third-order valence-electron chi connectivity index (χ3n) is 3.25. The van der Waals surface area contributed by atoms with E-state index in [-0.39, 0.29) is 28.9 Å². The molecule has 0 saturated heterocycles. The van der Waals surface area contributed by atoms with E-state index in [0.29, 0.717) is 6.26 Å². The van der Waals surface area contributed by atoms with Crippen LogP contribution in [-0.4, -0.2) is 52.9 Å². The molecule has 1 rings (SSSR count). The molecule has 1 aromatic carbocycles. The van der Waals surface area contributed by atoms with Crippen molar-refractivity contribution in [1.29, 1.82) is 0 Å². The summed E-state index contributed by atoms with van der Waals surface area (Å²) in [7, 11) is 1.56. The minimum absolute atomic E-state index is 0.0311. The number of esters is 1. The molecule has 8 nitrogen and oxygen atoms in total. The smallest absolute Gasteiger partial charge is 0.338 e. The Labute approximate surface area is 138 Å². The number of nitrogens with zero attached hydrogens (tertiary/aromatic N) is 1. The van der Waals surface area contributed by atoms with Crippen LogP contribution in [0.3, 0.4) is 0 Å². The number of carboxylic acids is 2. The van der Waals surface area contributed by atoms with Gasteiger partial charge in [0.05, 0.1) is 35.2 Å². The molecule has 3 N–H and O–H groups in total. The van der Waals surface area contributed by atoms with Crippen LogP contribution in [0, 0.1) is 0 Å². The van der Waals surface area contributed by atoms with Crippen molar-refractivity contribution in [2.24, 2.45) is 0 Å². The van der Waals surface area contributed by atoms with Gasteiger partial charge in [-0.05, 0) is 26.0 Å². The lowest BCUT2D eigenvalue weighted by atomic mass is 10.0. The predicted octanol–water partition coefficient (Wildman–Crippen LogP) is 1.91. The van der Waals surface area contributed by atoms with Crippen LogP contribution < -0.4 is 4.90 Å². The maximum absolute atomic E-state index is 11.6. The number of ether oxygens (including phenoxy) is 1. The van der Waals surface area contributed by atoms with E-state index >= 15 is 0 Å². The first-order chi connectivity index (χ1) is 11.2. The molecule has 1 unspecified atom stereocenters. The minimum Gasteiger partial charge on any atom is -0.515 e. The summed E-state index contributed by atoms with van der Waals surface area (Å²) in [5, 5.41) is 27.2. The summed E-state index contributed by atoms with van der Waals surface area (Å²) < 4.78 is 5.10. The molecule has 1 atom stereocenters. The zero-order valence-corrected chi connectivity index (χ0v) is 13.5. The molecule has 24 heavy (non-hydrogen) atoms. The Balaban J connectivity index is 3.01. The Morgan fingerprint density at radius 2 is 1.88 bits per heavy atom. The molecular weight excluding hydrogens is 318 g/mol. The molecule has 0 radical (unpaired) electrons. The fourth-order valence-corrected chi connectivity index (χ4v) is 2.11. The van der Waals surface area contributed by atoms with Gasteiger partial charge < -0.3 is 25.0 Å². The fraction of sp³-hybridized carbons (Fsp3) is 0.312. The SMILES string of the molecule is C/C(=C\O)C(=O)OC(C)CN(C)c1cccc(C(=O)O)c1C(=O)O. The number of hydrogen-bond acceptors (Lipinski definition) is 6. The Morgan fingerprint density at radius 3 is 2.38 bits per heavy atom. The second-order valence-corrected chi connectivity index (χ2v) is 5.22. The molecule has 0 aliphatic heterocycles. The topological polar surface area (TPSA) is 124 Å². The van der Waals surface area contributed by atoms with E-state index in [1.165, 1.54) is 30.0 Å². The van der Waals surface area contributed by atoms with E-state index < -0.39 is 24.0 Å². The number of anilines is 1. The van der Waals surface area contributed by atoms with Crippen molar-refractivity contribution in [3.05, 3.63) is 41.2 Å². The van der Waals surface area contributed by atoms with Crippen molar-refractivity contribution in [1.82, 2.24) is 0 Å². The normalized spacial score (nSPS) is 12.4. The molecule has 8 heteroatoms. The van der Waals surface area contributed by atoms with Gasteiger partial charge >= 0.3 is 17.9 Å². The van der Waals surface area contributed by atoms with Crippen LogP contribution in [0.5, 0.6) is 0 Å². The van der Waals surface area contributed by atoms with Gasteiger partial charge in [0, 0.05) is 7.05 Å². The summed E-state index contributed by atoms with van der Waals surface area (Å²) >= 11 is 0. The number of carbonyl (C=O) groups excluding carboxylic acids is 1. The van der Waals surface area contributed by atoms with Gasteiger partial charge in [0.25, 0.3) is 0 Å². The molecule has 0 aromatic heterocycles. The van der Waals surface area contributed by atoms with Gasteiger partial charge in [-0.25, -0.2) is 14.4 Å². The molecule has 0 spiro atoms. The summed E-state index contributed by atoms with van der Waals surface area (Å²) in [6.07, 6.45) is 0.0185. The molecule has 0 heterocycles. The molecular formula is C16H19NO7. The number of aromatic carboxylic acids is 2. The molecule has 0 amide bonds. The number of likely N-dealkylation sites (N-methyl/N-ethyl adjacent to an activating group) is 1. The van der Waals surface area contributed by atoms with E-state index in [1.54, 1.807) is 14.0 Å². The average molecular weight is 337 g/mol. The lowest BCUT2D eigenvalue weighted by Gasteiger charge is -2.25. The van der Waals surface area contributed by atoms with Crippen molar-refractivity contribution in [2.75, 3.05) is 18.5 Å². The van der Waals surface area contributed by atoms with Crippen molar-refractivity contribution in [3.63, 3.8) is 0 Å². The van der Waals surface area contributed by atoms with E-state index in [2.05, 4.69) is 0 Å². The van der Waals surface area contributed by atoms with Crippen LogP contribution in [-0.2, 0) is 9.53 Å². The third-order valence-corrected chi connectivity index (χ3v) is 3.25. The summed E-state index contributed by atoms with van der Waals surface area (Å²) in [4.78, 5) is 35.7. The van der Waals surface area contributed by atoms with Crippen LogP contribution in [0.1, 0.15) is 34.6 Å². The van der Waals surface area contributed by atoms with Gasteiger partial charge in [-0.2, -0.15) is 0 Å². The highest BCUT2D eigenvalue weighted by molar-refractivity contribution is 6.05. The number of aliphatic hydroxyl groups is 1. The van der Waals surface area contributed by atoms with Crippen molar-refractivity contribution in [3.8, 4) is 0 Å². The maximum Gasteiger partial charge on any atom is 0.338 e. The van der Waals surface area contributed by atoms with E-state index in [1.807, 2.05) is 0 Å². The minimum atomic E-state index is -1.36. The van der Waals surface area contributed by atoms with E-state index in [0.717, 1.165) is 0 Å². The fourth-order valence-electron chi connectivity index (χ4n) is 2.11. The first-order valence-electron chi connectivity index (χ1n) is 7.01. The van der Waals surface area contributed by atoms with Gasteiger partial charge in [-0.15, -0.1) is 0 Å². The summed E-state index contributed by atoms with van der Waals surface area (Å²) in [6, 6.07) is 4.13. The molecule has 0 aliphatic rings. The van der Waals surface area contributed by atoms with Crippen LogP contribution in [0.15, 0.2) is 30.0 Å². The zero-order chi connectivity index (χ0) is 18.4. The second kappa shape index (κ2) is 8.00. The quantitative estimate of drug-likeness (QED) is 0.391. The number of carboxylic acid groups (broad SMARTS) is 2. The number of rotatable bonds is 7. The standard InChI is InChI=1S/C16H19NO7/c1-9(8-18)16(23)24-10(2)7-17(3)12-6-4-5-11(14(19)20)13(12)15(21)22/h4-6,8,10,18H,7H2,1-3H3,(H,19,20)(H,21,22)/b9-8+. The highest BCUT2D eigenvalue weighted by Crippen LogP contribution is 2.24. The third kappa shape index (κ3) is 4.48. The Morgan fingerprint density at radius 1 is 1.25 bits per heavy atom. The Kier molecular flexibility index (Phi) is 6.34. The van der Waals surface area contributed by atoms with Gasteiger partial charge in [-0.3, -0.25) is 0 Å². The van der Waals surface area contributed by atoms with Crippen molar-refractivity contribution in [2.45, 2.75) is 20.0 Å². The maximum atomic E-state index is 11.6. The second-order valence-electron chi connectivity index (χ2n) is 5.22. The summed E-state index contributed by atoms with van der Waals surface area (Å²) in [5.74, 6) is -3.40. The van der Waals surface area contributed by atoms with Crippen LogP contribution in [0.4, 0.5) is 5.69 Å². The molecule has 1 aromatic rings.